The summed E-state index contributed by atoms with van der Waals surface area (Å²) >= 11 is 1.36. The third-order valence-corrected chi connectivity index (χ3v) is 4.91. The Kier molecular flexibility index (Phi) is 5.03. The van der Waals surface area contributed by atoms with Crippen molar-refractivity contribution in [3.63, 3.8) is 0 Å². The Morgan fingerprint density at radius 2 is 1.89 bits per heavy atom. The van der Waals surface area contributed by atoms with Gasteiger partial charge in [-0.05, 0) is 61.4 Å². The topological polar surface area (TPSA) is 85.1 Å². The van der Waals surface area contributed by atoms with Gasteiger partial charge in [-0.3, -0.25) is 9.78 Å². The largest absolute Gasteiger partial charge is 0.325 e. The monoisotopic (exact) mass is 390 g/mol. The molecule has 4 rings (SSSR count). The quantitative estimate of drug-likeness (QED) is 0.525. The van der Waals surface area contributed by atoms with Gasteiger partial charge in [0.05, 0.1) is 5.75 Å². The lowest BCUT2D eigenvalue weighted by Crippen LogP contribution is -2.14. The first-order valence-corrected chi connectivity index (χ1v) is 9.72. The molecule has 0 saturated heterocycles. The molecule has 0 atom stereocenters. The molecular weight excluding hydrogens is 372 g/mol. The van der Waals surface area contributed by atoms with Crippen LogP contribution in [-0.4, -0.2) is 36.5 Å². The Labute approximate surface area is 166 Å². The number of carbonyl (C=O) groups excluding carboxylic acids is 1. The Morgan fingerprint density at radius 1 is 1.07 bits per heavy atom. The molecule has 0 radical (unpaired) electrons. The highest BCUT2D eigenvalue weighted by Crippen LogP contribution is 2.20. The fourth-order valence-corrected chi connectivity index (χ4v) is 3.54. The first-order valence-electron chi connectivity index (χ1n) is 8.73. The molecule has 4 aromatic rings. The number of benzene rings is 1. The number of rotatable bonds is 5. The van der Waals surface area contributed by atoms with E-state index in [1.807, 2.05) is 56.3 Å². The van der Waals surface area contributed by atoms with E-state index < -0.39 is 0 Å². The minimum absolute atomic E-state index is 0.0781. The first-order chi connectivity index (χ1) is 13.6. The molecule has 8 heteroatoms. The van der Waals surface area contributed by atoms with E-state index in [0.29, 0.717) is 22.2 Å². The predicted octanol–water partition coefficient (Wildman–Crippen LogP) is 3.53. The number of hydrogen-bond acceptors (Lipinski definition) is 6. The van der Waals surface area contributed by atoms with Crippen molar-refractivity contribution in [1.29, 1.82) is 0 Å². The Hall–Kier alpha value is -3.26. The number of fused-ring (bicyclic) bond motifs is 1. The second kappa shape index (κ2) is 7.77. The molecule has 1 N–H and O–H groups in total. The summed E-state index contributed by atoms with van der Waals surface area (Å²) in [7, 11) is 0. The summed E-state index contributed by atoms with van der Waals surface area (Å²) in [6.45, 7) is 4.02. The van der Waals surface area contributed by atoms with Crippen molar-refractivity contribution in [3.05, 3.63) is 65.9 Å². The van der Waals surface area contributed by atoms with Crippen molar-refractivity contribution in [2.24, 2.45) is 0 Å². The summed E-state index contributed by atoms with van der Waals surface area (Å²) in [5.41, 5.74) is 4.36. The summed E-state index contributed by atoms with van der Waals surface area (Å²) in [5, 5.41) is 16.5. The van der Waals surface area contributed by atoms with Gasteiger partial charge in [0.25, 0.3) is 0 Å². The number of aryl methyl sites for hydroxylation is 2. The van der Waals surface area contributed by atoms with E-state index >= 15 is 0 Å². The molecule has 3 aromatic heterocycles. The van der Waals surface area contributed by atoms with Crippen LogP contribution in [0.15, 0.2) is 59.8 Å². The maximum atomic E-state index is 12.3. The highest BCUT2D eigenvalue weighted by atomic mass is 32.2. The average molecular weight is 390 g/mol. The molecule has 0 unspecified atom stereocenters. The van der Waals surface area contributed by atoms with Gasteiger partial charge in [0.1, 0.15) is 10.7 Å². The van der Waals surface area contributed by atoms with Crippen LogP contribution in [-0.2, 0) is 4.79 Å². The molecule has 0 saturated carbocycles. The summed E-state index contributed by atoms with van der Waals surface area (Å²) in [6.07, 6.45) is 1.70. The number of anilines is 1. The number of nitrogens with zero attached hydrogens (tertiary/aromatic N) is 5. The Morgan fingerprint density at radius 3 is 2.64 bits per heavy atom. The minimum atomic E-state index is -0.0781. The van der Waals surface area contributed by atoms with Crippen LogP contribution >= 0.6 is 11.8 Å². The molecule has 140 valence electrons. The minimum Gasteiger partial charge on any atom is -0.325 e. The van der Waals surface area contributed by atoms with E-state index in [1.165, 1.54) is 11.8 Å². The number of nitrogens with one attached hydrogen (secondary N) is 1. The molecule has 3 heterocycles. The lowest BCUT2D eigenvalue weighted by atomic mass is 10.1. The van der Waals surface area contributed by atoms with Crippen LogP contribution in [0.5, 0.6) is 0 Å². The summed E-state index contributed by atoms with van der Waals surface area (Å²) < 4.78 is 1.65. The molecule has 0 bridgehead atoms. The van der Waals surface area contributed by atoms with Crippen LogP contribution in [0.25, 0.3) is 17.2 Å². The first kappa shape index (κ1) is 18.1. The van der Waals surface area contributed by atoms with E-state index in [-0.39, 0.29) is 11.7 Å². The van der Waals surface area contributed by atoms with Gasteiger partial charge in [0, 0.05) is 11.9 Å². The van der Waals surface area contributed by atoms with E-state index in [9.17, 15) is 4.79 Å². The second-order valence-electron chi connectivity index (χ2n) is 6.39. The molecule has 0 fully saturated rings. The summed E-state index contributed by atoms with van der Waals surface area (Å²) in [4.78, 5) is 16.6. The summed E-state index contributed by atoms with van der Waals surface area (Å²) in [6, 6.07) is 15.2. The van der Waals surface area contributed by atoms with Gasteiger partial charge < -0.3 is 5.32 Å². The highest BCUT2D eigenvalue weighted by molar-refractivity contribution is 7.99. The third kappa shape index (κ3) is 4.01. The van der Waals surface area contributed by atoms with Crippen molar-refractivity contribution in [2.75, 3.05) is 11.1 Å². The van der Waals surface area contributed by atoms with Crippen molar-refractivity contribution < 1.29 is 4.79 Å². The van der Waals surface area contributed by atoms with E-state index in [4.69, 9.17) is 0 Å². The van der Waals surface area contributed by atoms with Crippen molar-refractivity contribution in [3.8, 4) is 11.5 Å². The van der Waals surface area contributed by atoms with Crippen LogP contribution in [0.3, 0.4) is 0 Å². The molecule has 1 aromatic carbocycles. The van der Waals surface area contributed by atoms with Crippen molar-refractivity contribution >= 4 is 29.0 Å². The van der Waals surface area contributed by atoms with Gasteiger partial charge in [-0.2, -0.15) is 9.61 Å². The molecule has 0 spiro atoms. The number of aromatic nitrogens is 5. The van der Waals surface area contributed by atoms with Crippen LogP contribution in [0.4, 0.5) is 5.69 Å². The predicted molar refractivity (Wildman–Crippen MR) is 109 cm³/mol. The molecule has 28 heavy (non-hydrogen) atoms. The average Bonchev–Trinajstić information content (AvgIpc) is 3.09. The van der Waals surface area contributed by atoms with E-state index in [0.717, 1.165) is 16.8 Å². The normalized spacial score (nSPS) is 10.9. The zero-order chi connectivity index (χ0) is 19.5. The molecule has 1 amide bonds. The smallest absolute Gasteiger partial charge is 0.234 e. The fraction of sp³-hybridized carbons (Fsp3) is 0.150. The highest BCUT2D eigenvalue weighted by Gasteiger charge is 2.12. The van der Waals surface area contributed by atoms with Crippen LogP contribution in [0, 0.1) is 13.8 Å². The molecule has 0 aliphatic rings. The molecule has 0 aliphatic heterocycles. The zero-order valence-electron chi connectivity index (χ0n) is 15.5. The lowest BCUT2D eigenvalue weighted by Gasteiger charge is -2.07. The Balaban J connectivity index is 1.48. The maximum absolute atomic E-state index is 12.3. The molecule has 0 aliphatic carbocycles. The Bertz CT molecular complexity index is 1120. The van der Waals surface area contributed by atoms with Crippen LogP contribution in [0.2, 0.25) is 0 Å². The van der Waals surface area contributed by atoms with E-state index in [1.54, 1.807) is 10.7 Å². The second-order valence-corrected chi connectivity index (χ2v) is 7.39. The number of hydrogen-bond donors (Lipinski definition) is 1. The lowest BCUT2D eigenvalue weighted by molar-refractivity contribution is -0.113. The molecule has 7 nitrogen and oxygen atoms in total. The van der Waals surface area contributed by atoms with Gasteiger partial charge in [-0.1, -0.05) is 23.9 Å². The van der Waals surface area contributed by atoms with Gasteiger partial charge >= 0.3 is 0 Å². The van der Waals surface area contributed by atoms with Crippen LogP contribution < -0.4 is 5.32 Å². The van der Waals surface area contributed by atoms with E-state index in [2.05, 4.69) is 31.7 Å². The molecular formula is C20H18N6OS. The van der Waals surface area contributed by atoms with Gasteiger partial charge in [0.15, 0.2) is 5.65 Å². The number of carbonyl (C=O) groups is 1. The van der Waals surface area contributed by atoms with Gasteiger partial charge in [-0.15, -0.1) is 10.2 Å². The third-order valence-electron chi connectivity index (χ3n) is 3.99. The van der Waals surface area contributed by atoms with Gasteiger partial charge in [0.2, 0.25) is 11.7 Å². The fourth-order valence-electron chi connectivity index (χ4n) is 2.89. The number of thioether (sulfide) groups is 1. The van der Waals surface area contributed by atoms with Gasteiger partial charge in [-0.25, -0.2) is 0 Å². The SMILES string of the molecule is Cc1cc(C)cc(NC(=O)CSc2ccc3nnc(-c4ccccn4)n3n2)c1. The standard InChI is InChI=1S/C20H18N6OS/c1-13-9-14(2)11-15(10-13)22-18(27)12-28-19-7-6-17-23-24-20(26(17)25-19)16-5-3-4-8-21-16/h3-11H,12H2,1-2H3,(H,22,27). The maximum Gasteiger partial charge on any atom is 0.234 e. The number of pyridine rings is 1. The zero-order valence-corrected chi connectivity index (χ0v) is 16.3. The van der Waals surface area contributed by atoms with Crippen LogP contribution in [0.1, 0.15) is 11.1 Å². The summed E-state index contributed by atoms with van der Waals surface area (Å²) in [5.74, 6) is 0.746. The number of amides is 1. The van der Waals surface area contributed by atoms with Crippen molar-refractivity contribution in [2.45, 2.75) is 18.9 Å². The van der Waals surface area contributed by atoms with Crippen molar-refractivity contribution in [1.82, 2.24) is 24.8 Å².